The van der Waals surface area contributed by atoms with Crippen LogP contribution in [0.3, 0.4) is 0 Å². The summed E-state index contributed by atoms with van der Waals surface area (Å²) >= 11 is 0. The van der Waals surface area contributed by atoms with Crippen LogP contribution in [0, 0.1) is 17.6 Å². The van der Waals surface area contributed by atoms with Crippen molar-refractivity contribution in [1.82, 2.24) is 5.32 Å². The molecule has 0 radical (unpaired) electrons. The van der Waals surface area contributed by atoms with E-state index in [-0.39, 0.29) is 24.3 Å². The van der Waals surface area contributed by atoms with Crippen LogP contribution in [0.4, 0.5) is 8.78 Å². The molecule has 0 aliphatic rings. The number of hydrogen-bond acceptors (Lipinski definition) is 2. The molecule has 1 aromatic rings. The van der Waals surface area contributed by atoms with Gasteiger partial charge in [0, 0.05) is 6.42 Å². The van der Waals surface area contributed by atoms with E-state index in [1.807, 2.05) is 6.92 Å². The van der Waals surface area contributed by atoms with Gasteiger partial charge < -0.3 is 10.4 Å². The Bertz CT molecular complexity index is 534. The third kappa shape index (κ3) is 5.42. The molecule has 22 heavy (non-hydrogen) atoms. The molecule has 0 spiro atoms. The molecule has 1 rings (SSSR count). The number of rotatable bonds is 8. The number of nitrogens with one attached hydrogen (secondary N) is 1. The lowest BCUT2D eigenvalue weighted by Gasteiger charge is -2.20. The van der Waals surface area contributed by atoms with Gasteiger partial charge in [-0.05, 0) is 42.5 Å². The average molecular weight is 313 g/mol. The number of carbonyl (C=O) groups is 2. The lowest BCUT2D eigenvalue weighted by molar-refractivity contribution is -0.143. The van der Waals surface area contributed by atoms with Gasteiger partial charge in [-0.2, -0.15) is 0 Å². The zero-order valence-corrected chi connectivity index (χ0v) is 12.7. The van der Waals surface area contributed by atoms with E-state index in [0.29, 0.717) is 12.8 Å². The predicted octanol–water partition coefficient (Wildman–Crippen LogP) is 2.90. The SMILES string of the molecule is CCC(C)C(NC(=O)CCCc1cc(F)ccc1F)C(=O)O. The standard InChI is InChI=1S/C16H21F2NO3/c1-3-10(2)15(16(21)22)19-14(20)6-4-5-11-9-12(17)7-8-13(11)18/h7-10,15H,3-6H2,1-2H3,(H,19,20)(H,21,22). The van der Waals surface area contributed by atoms with E-state index in [9.17, 15) is 18.4 Å². The Labute approximate surface area is 128 Å². The molecule has 1 aromatic carbocycles. The molecule has 0 aliphatic carbocycles. The van der Waals surface area contributed by atoms with Crippen molar-refractivity contribution in [2.45, 2.75) is 45.6 Å². The topological polar surface area (TPSA) is 66.4 Å². The molecule has 0 aromatic heterocycles. The normalized spacial score (nSPS) is 13.5. The molecule has 2 unspecified atom stereocenters. The lowest BCUT2D eigenvalue weighted by Crippen LogP contribution is -2.44. The summed E-state index contributed by atoms with van der Waals surface area (Å²) in [7, 11) is 0. The quantitative estimate of drug-likeness (QED) is 0.775. The van der Waals surface area contributed by atoms with Crippen LogP contribution in [0.25, 0.3) is 0 Å². The average Bonchev–Trinajstić information content (AvgIpc) is 2.47. The van der Waals surface area contributed by atoms with Gasteiger partial charge >= 0.3 is 5.97 Å². The Morgan fingerprint density at radius 2 is 2.00 bits per heavy atom. The Kier molecular flexibility index (Phi) is 6.95. The second-order valence-electron chi connectivity index (χ2n) is 5.36. The molecular weight excluding hydrogens is 292 g/mol. The minimum Gasteiger partial charge on any atom is -0.480 e. The monoisotopic (exact) mass is 313 g/mol. The zero-order valence-electron chi connectivity index (χ0n) is 12.7. The molecule has 122 valence electrons. The van der Waals surface area contributed by atoms with E-state index in [2.05, 4.69) is 5.32 Å². The zero-order chi connectivity index (χ0) is 16.7. The van der Waals surface area contributed by atoms with E-state index >= 15 is 0 Å². The maximum absolute atomic E-state index is 13.4. The fourth-order valence-corrected chi connectivity index (χ4v) is 2.10. The fourth-order valence-electron chi connectivity index (χ4n) is 2.10. The number of benzene rings is 1. The number of hydrogen-bond donors (Lipinski definition) is 2. The van der Waals surface area contributed by atoms with Crippen LogP contribution in [-0.2, 0) is 16.0 Å². The van der Waals surface area contributed by atoms with Crippen molar-refractivity contribution in [2.75, 3.05) is 0 Å². The van der Waals surface area contributed by atoms with Crippen molar-refractivity contribution >= 4 is 11.9 Å². The van der Waals surface area contributed by atoms with Crippen LogP contribution in [0.5, 0.6) is 0 Å². The fraction of sp³-hybridized carbons (Fsp3) is 0.500. The minimum absolute atomic E-state index is 0.0656. The third-order valence-electron chi connectivity index (χ3n) is 3.65. The number of aliphatic carboxylic acids is 1. The molecule has 1 amide bonds. The van der Waals surface area contributed by atoms with Crippen molar-refractivity contribution in [1.29, 1.82) is 0 Å². The summed E-state index contributed by atoms with van der Waals surface area (Å²) in [6.45, 7) is 3.60. The molecule has 0 heterocycles. The first-order valence-corrected chi connectivity index (χ1v) is 7.31. The number of carboxylic acid groups (broad SMARTS) is 1. The first-order valence-electron chi connectivity index (χ1n) is 7.31. The summed E-state index contributed by atoms with van der Waals surface area (Å²) < 4.78 is 26.4. The highest BCUT2D eigenvalue weighted by molar-refractivity contribution is 5.83. The van der Waals surface area contributed by atoms with Gasteiger partial charge in [0.1, 0.15) is 17.7 Å². The van der Waals surface area contributed by atoms with Crippen LogP contribution in [-0.4, -0.2) is 23.0 Å². The molecule has 2 N–H and O–H groups in total. The molecule has 0 aliphatic heterocycles. The Morgan fingerprint density at radius 3 is 2.59 bits per heavy atom. The van der Waals surface area contributed by atoms with E-state index in [1.54, 1.807) is 6.92 Å². The first-order chi connectivity index (χ1) is 10.3. The number of carboxylic acids is 1. The summed E-state index contributed by atoms with van der Waals surface area (Å²) in [5.41, 5.74) is 0.213. The summed E-state index contributed by atoms with van der Waals surface area (Å²) in [5.74, 6) is -2.68. The summed E-state index contributed by atoms with van der Waals surface area (Å²) in [6, 6.07) is 2.26. The Morgan fingerprint density at radius 1 is 1.32 bits per heavy atom. The number of amides is 1. The minimum atomic E-state index is -1.07. The molecule has 0 fully saturated rings. The number of carbonyl (C=O) groups excluding carboxylic acids is 1. The van der Waals surface area contributed by atoms with Gasteiger partial charge in [-0.25, -0.2) is 13.6 Å². The Hall–Kier alpha value is -1.98. The van der Waals surface area contributed by atoms with E-state index in [0.717, 1.165) is 18.2 Å². The first kappa shape index (κ1) is 18.1. The Balaban J connectivity index is 2.49. The van der Waals surface area contributed by atoms with Gasteiger partial charge in [-0.15, -0.1) is 0 Å². The smallest absolute Gasteiger partial charge is 0.326 e. The number of aryl methyl sites for hydroxylation is 1. The van der Waals surface area contributed by atoms with Crippen molar-refractivity contribution in [3.8, 4) is 0 Å². The summed E-state index contributed by atoms with van der Waals surface area (Å²) in [4.78, 5) is 22.9. The highest BCUT2D eigenvalue weighted by Gasteiger charge is 2.24. The second-order valence-corrected chi connectivity index (χ2v) is 5.36. The molecule has 4 nitrogen and oxygen atoms in total. The second kappa shape index (κ2) is 8.46. The van der Waals surface area contributed by atoms with Gasteiger partial charge in [-0.1, -0.05) is 20.3 Å². The molecular formula is C16H21F2NO3. The van der Waals surface area contributed by atoms with Gasteiger partial charge in [0.05, 0.1) is 0 Å². The third-order valence-corrected chi connectivity index (χ3v) is 3.65. The van der Waals surface area contributed by atoms with Crippen molar-refractivity contribution in [3.05, 3.63) is 35.4 Å². The van der Waals surface area contributed by atoms with Crippen LogP contribution in [0.1, 0.15) is 38.7 Å². The van der Waals surface area contributed by atoms with E-state index < -0.39 is 29.6 Å². The number of halogens is 2. The summed E-state index contributed by atoms with van der Waals surface area (Å²) in [6.07, 6.45) is 1.24. The van der Waals surface area contributed by atoms with Crippen molar-refractivity contribution < 1.29 is 23.5 Å². The van der Waals surface area contributed by atoms with Crippen LogP contribution in [0.15, 0.2) is 18.2 Å². The molecule has 6 heteroatoms. The maximum atomic E-state index is 13.4. The predicted molar refractivity (Wildman–Crippen MR) is 78.3 cm³/mol. The largest absolute Gasteiger partial charge is 0.480 e. The van der Waals surface area contributed by atoms with Crippen LogP contribution < -0.4 is 5.32 Å². The molecule has 2 atom stereocenters. The van der Waals surface area contributed by atoms with Gasteiger partial charge in [0.15, 0.2) is 0 Å². The lowest BCUT2D eigenvalue weighted by atomic mass is 9.99. The van der Waals surface area contributed by atoms with E-state index in [4.69, 9.17) is 5.11 Å². The maximum Gasteiger partial charge on any atom is 0.326 e. The van der Waals surface area contributed by atoms with Gasteiger partial charge in [0.25, 0.3) is 0 Å². The molecule has 0 saturated carbocycles. The van der Waals surface area contributed by atoms with Gasteiger partial charge in [-0.3, -0.25) is 4.79 Å². The van der Waals surface area contributed by atoms with Crippen molar-refractivity contribution in [2.24, 2.45) is 5.92 Å². The van der Waals surface area contributed by atoms with Crippen LogP contribution in [0.2, 0.25) is 0 Å². The van der Waals surface area contributed by atoms with Gasteiger partial charge in [0.2, 0.25) is 5.91 Å². The molecule has 0 bridgehead atoms. The van der Waals surface area contributed by atoms with Crippen molar-refractivity contribution in [3.63, 3.8) is 0 Å². The highest BCUT2D eigenvalue weighted by atomic mass is 19.1. The summed E-state index contributed by atoms with van der Waals surface area (Å²) in [5, 5.41) is 11.6. The highest BCUT2D eigenvalue weighted by Crippen LogP contribution is 2.13. The molecule has 0 saturated heterocycles. The van der Waals surface area contributed by atoms with E-state index in [1.165, 1.54) is 0 Å². The van der Waals surface area contributed by atoms with Crippen LogP contribution >= 0.6 is 0 Å².